The molecule has 0 aromatic heterocycles. The molecular formula is C55H105NO18. The van der Waals surface area contributed by atoms with Gasteiger partial charge in [0.25, 0.3) is 0 Å². The van der Waals surface area contributed by atoms with Gasteiger partial charge in [-0.2, -0.15) is 0 Å². The second-order valence-corrected chi connectivity index (χ2v) is 21.5. The summed E-state index contributed by atoms with van der Waals surface area (Å²) in [6.45, 7) is 1.76. The first-order valence-corrected chi connectivity index (χ1v) is 29.3. The molecular weight excluding hydrogens is 963 g/mol. The van der Waals surface area contributed by atoms with Gasteiger partial charge in [-0.25, -0.2) is 0 Å². The lowest BCUT2D eigenvalue weighted by Crippen LogP contribution is -2.66. The maximum atomic E-state index is 13.2. The van der Waals surface area contributed by atoms with Gasteiger partial charge in [0, 0.05) is 6.42 Å². The number of aliphatic hydroxyl groups excluding tert-OH is 11. The van der Waals surface area contributed by atoms with E-state index in [1.54, 1.807) is 0 Å². The van der Waals surface area contributed by atoms with Crippen molar-refractivity contribution in [3.8, 4) is 0 Å². The number of amides is 1. The summed E-state index contributed by atoms with van der Waals surface area (Å²) >= 11 is 0. The van der Waals surface area contributed by atoms with Crippen LogP contribution in [-0.2, 0) is 33.2 Å². The van der Waals surface area contributed by atoms with Gasteiger partial charge >= 0.3 is 0 Å². The Morgan fingerprint density at radius 2 is 0.770 bits per heavy atom. The number of carbonyl (C=O) groups excluding carboxylic acids is 1. The molecule has 1 amide bonds. The normalized spacial score (nSPS) is 31.4. The number of rotatable bonds is 43. The van der Waals surface area contributed by atoms with Gasteiger partial charge < -0.3 is 89.9 Å². The van der Waals surface area contributed by atoms with E-state index >= 15 is 0 Å². The molecule has 19 heteroatoms. The van der Waals surface area contributed by atoms with Crippen molar-refractivity contribution in [2.75, 3.05) is 26.4 Å². The van der Waals surface area contributed by atoms with Crippen LogP contribution in [0.25, 0.3) is 0 Å². The van der Waals surface area contributed by atoms with E-state index in [0.717, 1.165) is 44.9 Å². The van der Waals surface area contributed by atoms with Crippen LogP contribution in [0.2, 0.25) is 0 Å². The zero-order valence-corrected chi connectivity index (χ0v) is 45.3. The molecule has 0 radical (unpaired) electrons. The highest BCUT2D eigenvalue weighted by molar-refractivity contribution is 5.76. The van der Waals surface area contributed by atoms with Crippen molar-refractivity contribution in [1.29, 1.82) is 0 Å². The molecule has 3 aliphatic rings. The minimum Gasteiger partial charge on any atom is -0.394 e. The van der Waals surface area contributed by atoms with Crippen LogP contribution in [0.15, 0.2) is 0 Å². The van der Waals surface area contributed by atoms with Crippen LogP contribution >= 0.6 is 0 Å². The van der Waals surface area contributed by atoms with Crippen molar-refractivity contribution in [3.05, 3.63) is 0 Å². The first kappa shape index (κ1) is 67.1. The first-order valence-electron chi connectivity index (χ1n) is 29.3. The Bertz CT molecular complexity index is 1370. The Kier molecular flexibility index (Phi) is 36.3. The van der Waals surface area contributed by atoms with Crippen molar-refractivity contribution >= 4 is 5.91 Å². The number of carbonyl (C=O) groups is 1. The zero-order chi connectivity index (χ0) is 54.1. The quantitative estimate of drug-likeness (QED) is 0.0376. The van der Waals surface area contributed by atoms with Crippen LogP contribution in [0.1, 0.15) is 213 Å². The highest BCUT2D eigenvalue weighted by atomic mass is 16.8. The maximum absolute atomic E-state index is 13.2. The Hall–Kier alpha value is -1.21. The van der Waals surface area contributed by atoms with Gasteiger partial charge in [0.2, 0.25) is 5.91 Å². The van der Waals surface area contributed by atoms with Gasteiger partial charge in [-0.3, -0.25) is 4.79 Å². The molecule has 0 aromatic rings. The lowest BCUT2D eigenvalue weighted by atomic mass is 9.96. The summed E-state index contributed by atoms with van der Waals surface area (Å²) in [7, 11) is 0. The predicted molar refractivity (Wildman–Crippen MR) is 277 cm³/mol. The molecule has 0 aromatic carbocycles. The summed E-state index contributed by atoms with van der Waals surface area (Å²) in [5.41, 5.74) is 0. The Balaban J connectivity index is 1.46. The van der Waals surface area contributed by atoms with Gasteiger partial charge in [-0.05, 0) is 12.8 Å². The average Bonchev–Trinajstić information content (AvgIpc) is 3.40. The molecule has 3 aliphatic heterocycles. The minimum atomic E-state index is -1.97. The number of unbranched alkanes of at least 4 members (excludes halogenated alkanes) is 27. The third-order valence-corrected chi connectivity index (χ3v) is 15.2. The molecule has 12 N–H and O–H groups in total. The fourth-order valence-electron chi connectivity index (χ4n) is 10.3. The summed E-state index contributed by atoms with van der Waals surface area (Å²) in [6.07, 6.45) is 9.36. The number of aliphatic hydroxyl groups is 11. The summed E-state index contributed by atoms with van der Waals surface area (Å²) in [5.74, 6) is -0.246. The molecule has 0 saturated carbocycles. The fourth-order valence-corrected chi connectivity index (χ4v) is 10.3. The van der Waals surface area contributed by atoms with Crippen LogP contribution < -0.4 is 5.32 Å². The molecule has 3 saturated heterocycles. The second-order valence-electron chi connectivity index (χ2n) is 21.5. The summed E-state index contributed by atoms with van der Waals surface area (Å²) < 4.78 is 34.2. The van der Waals surface area contributed by atoms with Gasteiger partial charge in [-0.15, -0.1) is 0 Å². The van der Waals surface area contributed by atoms with Crippen molar-refractivity contribution in [1.82, 2.24) is 5.32 Å². The molecule has 0 aliphatic carbocycles. The molecule has 438 valence electrons. The van der Waals surface area contributed by atoms with Crippen molar-refractivity contribution in [2.24, 2.45) is 0 Å². The Labute approximate surface area is 443 Å². The third-order valence-electron chi connectivity index (χ3n) is 15.2. The van der Waals surface area contributed by atoms with Crippen molar-refractivity contribution < 1.29 is 89.4 Å². The van der Waals surface area contributed by atoms with E-state index in [9.17, 15) is 61.0 Å². The maximum Gasteiger partial charge on any atom is 0.220 e. The minimum absolute atomic E-state index is 0.246. The average molecular weight is 1070 g/mol. The van der Waals surface area contributed by atoms with E-state index in [2.05, 4.69) is 19.2 Å². The van der Waals surface area contributed by atoms with E-state index in [-0.39, 0.29) is 18.9 Å². The summed E-state index contributed by atoms with van der Waals surface area (Å²) in [4.78, 5) is 13.2. The van der Waals surface area contributed by atoms with E-state index < -0.39 is 124 Å². The van der Waals surface area contributed by atoms with Gasteiger partial charge in [0.05, 0.1) is 38.6 Å². The first-order chi connectivity index (χ1) is 35.8. The highest BCUT2D eigenvalue weighted by Gasteiger charge is 2.53. The van der Waals surface area contributed by atoms with E-state index in [1.807, 2.05) is 0 Å². The van der Waals surface area contributed by atoms with Gasteiger partial charge in [0.15, 0.2) is 18.9 Å². The number of ether oxygens (including phenoxy) is 6. The molecule has 3 fully saturated rings. The monoisotopic (exact) mass is 1070 g/mol. The van der Waals surface area contributed by atoms with Crippen LogP contribution in [0.3, 0.4) is 0 Å². The molecule has 3 heterocycles. The molecule has 17 atom stereocenters. The summed E-state index contributed by atoms with van der Waals surface area (Å²) in [5, 5.41) is 120. The molecule has 17 unspecified atom stereocenters. The molecule has 0 spiro atoms. The predicted octanol–water partition coefficient (Wildman–Crippen LogP) is 4.43. The SMILES string of the molecule is CCCCCCCCCCCCCCCCCCCCCCCC(O)C(COC1OC(CO)C(OC2OC(CO)C(OC3OC(CO)C(O)C(O)C3O)C(O)C2O)C(O)C1O)NC(=O)CCCCCCCCCC. The summed E-state index contributed by atoms with van der Waals surface area (Å²) in [6, 6.07) is -0.878. The van der Waals surface area contributed by atoms with Crippen LogP contribution in [0.4, 0.5) is 0 Å². The van der Waals surface area contributed by atoms with E-state index in [0.29, 0.717) is 12.8 Å². The number of nitrogens with one attached hydrogen (secondary N) is 1. The smallest absolute Gasteiger partial charge is 0.220 e. The topological polar surface area (TPSA) is 307 Å². The lowest BCUT2D eigenvalue weighted by Gasteiger charge is -2.48. The standard InChI is InChI=1S/C55H105NO18/c1-3-5-7-9-11-13-14-15-16-17-18-19-20-21-22-23-24-25-26-28-30-32-39(60)38(56-43(61)33-31-29-27-12-10-8-6-4-2)37-69-53-49(67)46(64)51(41(35-58)71-53)74-55-50(68)47(65)52(42(36-59)72-55)73-54-48(66)45(63)44(62)40(34-57)70-54/h38-42,44-55,57-60,62-68H,3-37H2,1-2H3,(H,56,61). The molecule has 74 heavy (non-hydrogen) atoms. The van der Waals surface area contributed by atoms with Crippen LogP contribution in [0, 0.1) is 0 Å². The Morgan fingerprint density at radius 1 is 0.432 bits per heavy atom. The largest absolute Gasteiger partial charge is 0.394 e. The molecule has 19 nitrogen and oxygen atoms in total. The zero-order valence-electron chi connectivity index (χ0n) is 45.3. The molecule has 3 rings (SSSR count). The van der Waals surface area contributed by atoms with Crippen molar-refractivity contribution in [3.63, 3.8) is 0 Å². The van der Waals surface area contributed by atoms with Crippen LogP contribution in [-0.4, -0.2) is 193 Å². The van der Waals surface area contributed by atoms with Crippen molar-refractivity contribution in [2.45, 2.75) is 317 Å². The fraction of sp³-hybridized carbons (Fsp3) is 0.982. The van der Waals surface area contributed by atoms with E-state index in [1.165, 1.54) is 135 Å². The van der Waals surface area contributed by atoms with E-state index in [4.69, 9.17) is 28.4 Å². The Morgan fingerprint density at radius 3 is 1.18 bits per heavy atom. The number of hydrogen-bond acceptors (Lipinski definition) is 18. The third kappa shape index (κ3) is 24.4. The van der Waals surface area contributed by atoms with Gasteiger partial charge in [-0.1, -0.05) is 194 Å². The lowest BCUT2D eigenvalue weighted by molar-refractivity contribution is -0.379. The van der Waals surface area contributed by atoms with Crippen LogP contribution in [0.5, 0.6) is 0 Å². The van der Waals surface area contributed by atoms with Gasteiger partial charge in [0.1, 0.15) is 73.2 Å². The molecule has 0 bridgehead atoms. The number of hydrogen-bond donors (Lipinski definition) is 12. The highest BCUT2D eigenvalue weighted by Crippen LogP contribution is 2.33. The second kappa shape index (κ2) is 40.0.